The molecule has 5 nitrogen and oxygen atoms in total. The van der Waals surface area contributed by atoms with Crippen LogP contribution in [0.15, 0.2) is 72.8 Å². The van der Waals surface area contributed by atoms with Gasteiger partial charge in [-0.15, -0.1) is 0 Å². The molecule has 3 aromatic rings. The summed E-state index contributed by atoms with van der Waals surface area (Å²) < 4.78 is 5.57. The molecule has 0 aliphatic heterocycles. The summed E-state index contributed by atoms with van der Waals surface area (Å²) in [6.45, 7) is 3.84. The van der Waals surface area contributed by atoms with Crippen molar-refractivity contribution in [3.63, 3.8) is 0 Å². The van der Waals surface area contributed by atoms with E-state index >= 15 is 0 Å². The van der Waals surface area contributed by atoms with Crippen LogP contribution in [0.25, 0.3) is 0 Å². The number of carbonyl (C=O) groups excluding carboxylic acids is 2. The molecule has 0 bridgehead atoms. The van der Waals surface area contributed by atoms with Gasteiger partial charge in [0.15, 0.2) is 0 Å². The number of nitriles is 1. The largest absolute Gasteiger partial charge is 0.444 e. The van der Waals surface area contributed by atoms with Crippen molar-refractivity contribution in [1.82, 2.24) is 0 Å². The molecule has 0 fully saturated rings. The normalized spacial score (nSPS) is 11.2. The summed E-state index contributed by atoms with van der Waals surface area (Å²) in [4.78, 5) is 25.6. The number of nitrogens with zero attached hydrogens (tertiary/aromatic N) is 1. The maximum atomic E-state index is 13.0. The lowest BCUT2D eigenvalue weighted by Crippen LogP contribution is -2.26. The third kappa shape index (κ3) is 4.88. The molecule has 0 unspecified atom stereocenters. The van der Waals surface area contributed by atoms with Gasteiger partial charge in [-0.1, -0.05) is 42.5 Å². The smallest absolute Gasteiger partial charge is 0.339 e. The summed E-state index contributed by atoms with van der Waals surface area (Å²) in [6.07, 6.45) is -1.11. The minimum atomic E-state index is -1.11. The van der Waals surface area contributed by atoms with E-state index in [2.05, 4.69) is 5.32 Å². The maximum absolute atomic E-state index is 13.0. The van der Waals surface area contributed by atoms with Crippen LogP contribution in [-0.2, 0) is 9.53 Å². The second-order valence-corrected chi connectivity index (χ2v) is 6.69. The second-order valence-electron chi connectivity index (χ2n) is 6.69. The van der Waals surface area contributed by atoms with Crippen molar-refractivity contribution in [2.45, 2.75) is 20.0 Å². The molecule has 0 spiro atoms. The van der Waals surface area contributed by atoms with E-state index < -0.39 is 18.0 Å². The number of nitrogens with one attached hydrogen (secondary N) is 1. The first-order valence-corrected chi connectivity index (χ1v) is 9.12. The van der Waals surface area contributed by atoms with E-state index in [1.807, 2.05) is 44.2 Å². The second kappa shape index (κ2) is 8.85. The third-order valence-electron chi connectivity index (χ3n) is 4.47. The Balaban J connectivity index is 1.86. The highest BCUT2D eigenvalue weighted by atomic mass is 16.5. The summed E-state index contributed by atoms with van der Waals surface area (Å²) in [5.74, 6) is -1.08. The van der Waals surface area contributed by atoms with Crippen LogP contribution < -0.4 is 5.32 Å². The molecule has 1 amide bonds. The summed E-state index contributed by atoms with van der Waals surface area (Å²) in [7, 11) is 0. The van der Waals surface area contributed by atoms with E-state index in [4.69, 9.17) is 10.00 Å². The molecule has 0 aliphatic rings. The fraction of sp³-hybridized carbons (Fsp3) is 0.125. The molecule has 29 heavy (non-hydrogen) atoms. The summed E-state index contributed by atoms with van der Waals surface area (Å²) in [5, 5.41) is 11.8. The molecule has 0 saturated heterocycles. The summed E-state index contributed by atoms with van der Waals surface area (Å²) in [6, 6.07) is 22.7. The molecular formula is C24H20N2O3. The van der Waals surface area contributed by atoms with Crippen LogP contribution >= 0.6 is 0 Å². The Bertz CT molecular complexity index is 1070. The van der Waals surface area contributed by atoms with E-state index in [1.165, 1.54) is 24.3 Å². The molecule has 144 valence electrons. The van der Waals surface area contributed by atoms with Crippen LogP contribution in [0.5, 0.6) is 0 Å². The minimum Gasteiger partial charge on any atom is -0.444 e. The molecule has 3 rings (SSSR count). The van der Waals surface area contributed by atoms with Crippen molar-refractivity contribution in [2.24, 2.45) is 0 Å². The van der Waals surface area contributed by atoms with Gasteiger partial charge in [-0.3, -0.25) is 4.79 Å². The van der Waals surface area contributed by atoms with E-state index in [-0.39, 0.29) is 5.56 Å². The average molecular weight is 384 g/mol. The van der Waals surface area contributed by atoms with Gasteiger partial charge < -0.3 is 10.1 Å². The molecule has 1 N–H and O–H groups in total. The van der Waals surface area contributed by atoms with Gasteiger partial charge in [-0.2, -0.15) is 5.26 Å². The quantitative estimate of drug-likeness (QED) is 0.646. The molecule has 0 saturated carbocycles. The number of hydrogen-bond donors (Lipinski definition) is 1. The number of aryl methyl sites for hydroxylation is 2. The first kappa shape index (κ1) is 19.8. The van der Waals surface area contributed by atoms with E-state index in [0.717, 1.165) is 11.1 Å². The molecule has 1 atom stereocenters. The number of amides is 1. The van der Waals surface area contributed by atoms with Gasteiger partial charge in [0.1, 0.15) is 0 Å². The number of benzene rings is 3. The standard InChI is InChI=1S/C24H20N2O3/c1-16-8-9-17(2)21(14-16)26-23(27)22(19-6-4-3-5-7-19)29-24(28)20-12-10-18(15-25)11-13-20/h3-14,22H,1-2H3,(H,26,27)/t22-/m1/s1. The van der Waals surface area contributed by atoms with Crippen LogP contribution in [0.4, 0.5) is 5.69 Å². The summed E-state index contributed by atoms with van der Waals surface area (Å²) >= 11 is 0. The summed E-state index contributed by atoms with van der Waals surface area (Å²) in [5.41, 5.74) is 3.87. The van der Waals surface area contributed by atoms with Crippen LogP contribution in [0.3, 0.4) is 0 Å². The number of rotatable bonds is 5. The SMILES string of the molecule is Cc1ccc(C)c(NC(=O)[C@H](OC(=O)c2ccc(C#N)cc2)c2ccccc2)c1. The van der Waals surface area contributed by atoms with Crippen molar-refractivity contribution in [2.75, 3.05) is 5.32 Å². The zero-order valence-electron chi connectivity index (χ0n) is 16.2. The van der Waals surface area contributed by atoms with Gasteiger partial charge in [-0.25, -0.2) is 4.79 Å². The Kier molecular flexibility index (Phi) is 6.06. The van der Waals surface area contributed by atoms with Gasteiger partial charge in [0.25, 0.3) is 5.91 Å². The molecular weight excluding hydrogens is 364 g/mol. The maximum Gasteiger partial charge on any atom is 0.339 e. The fourth-order valence-corrected chi connectivity index (χ4v) is 2.83. The third-order valence-corrected chi connectivity index (χ3v) is 4.47. The molecule has 0 aromatic heterocycles. The Morgan fingerprint density at radius 3 is 2.31 bits per heavy atom. The van der Waals surface area contributed by atoms with Crippen LogP contribution in [-0.4, -0.2) is 11.9 Å². The molecule has 3 aromatic carbocycles. The zero-order chi connectivity index (χ0) is 20.8. The van der Waals surface area contributed by atoms with Gasteiger partial charge in [0.05, 0.1) is 17.2 Å². The number of hydrogen-bond acceptors (Lipinski definition) is 4. The first-order valence-electron chi connectivity index (χ1n) is 9.12. The van der Waals surface area contributed by atoms with Gasteiger partial charge in [0, 0.05) is 11.3 Å². The number of carbonyl (C=O) groups is 2. The monoisotopic (exact) mass is 384 g/mol. The predicted octanol–water partition coefficient (Wildman–Crippen LogP) is 4.71. The Morgan fingerprint density at radius 1 is 0.966 bits per heavy atom. The van der Waals surface area contributed by atoms with Crippen molar-refractivity contribution < 1.29 is 14.3 Å². The van der Waals surface area contributed by atoms with Crippen molar-refractivity contribution in [3.05, 3.63) is 101 Å². The fourth-order valence-electron chi connectivity index (χ4n) is 2.83. The molecule has 0 aliphatic carbocycles. The van der Waals surface area contributed by atoms with Gasteiger partial charge >= 0.3 is 5.97 Å². The Morgan fingerprint density at radius 2 is 1.66 bits per heavy atom. The topological polar surface area (TPSA) is 79.2 Å². The lowest BCUT2D eigenvalue weighted by Gasteiger charge is -2.19. The van der Waals surface area contributed by atoms with Crippen LogP contribution in [0.1, 0.15) is 38.7 Å². The highest BCUT2D eigenvalue weighted by Gasteiger charge is 2.26. The van der Waals surface area contributed by atoms with Gasteiger partial charge in [-0.05, 0) is 55.3 Å². The van der Waals surface area contributed by atoms with Crippen LogP contribution in [0, 0.1) is 25.2 Å². The van der Waals surface area contributed by atoms with Crippen LogP contribution in [0.2, 0.25) is 0 Å². The highest BCUT2D eigenvalue weighted by Crippen LogP contribution is 2.24. The van der Waals surface area contributed by atoms with Crippen molar-refractivity contribution >= 4 is 17.6 Å². The Hall–Kier alpha value is -3.91. The zero-order valence-corrected chi connectivity index (χ0v) is 16.2. The Labute approximate surface area is 169 Å². The number of ether oxygens (including phenoxy) is 1. The predicted molar refractivity (Wildman–Crippen MR) is 110 cm³/mol. The lowest BCUT2D eigenvalue weighted by molar-refractivity contribution is -0.125. The van der Waals surface area contributed by atoms with E-state index in [0.29, 0.717) is 16.8 Å². The van der Waals surface area contributed by atoms with E-state index in [9.17, 15) is 9.59 Å². The first-order chi connectivity index (χ1) is 14.0. The lowest BCUT2D eigenvalue weighted by atomic mass is 10.1. The minimum absolute atomic E-state index is 0.268. The molecule has 0 heterocycles. The van der Waals surface area contributed by atoms with Crippen molar-refractivity contribution in [1.29, 1.82) is 5.26 Å². The number of esters is 1. The molecule has 5 heteroatoms. The molecule has 0 radical (unpaired) electrons. The van der Waals surface area contributed by atoms with Crippen molar-refractivity contribution in [3.8, 4) is 6.07 Å². The van der Waals surface area contributed by atoms with Gasteiger partial charge in [0.2, 0.25) is 6.10 Å². The number of anilines is 1. The average Bonchev–Trinajstić information content (AvgIpc) is 2.75. The van der Waals surface area contributed by atoms with E-state index in [1.54, 1.807) is 24.3 Å². The highest BCUT2D eigenvalue weighted by molar-refractivity contribution is 5.98.